The lowest BCUT2D eigenvalue weighted by Crippen LogP contribution is -2.44. The number of rotatable bonds is 5. The maximum atomic E-state index is 12.3. The molecule has 0 aliphatic carbocycles. The summed E-state index contributed by atoms with van der Waals surface area (Å²) in [4.78, 5) is 14.0. The average Bonchev–Trinajstić information content (AvgIpc) is 2.78. The van der Waals surface area contributed by atoms with Gasteiger partial charge in [-0.2, -0.15) is 4.31 Å². The van der Waals surface area contributed by atoms with Gasteiger partial charge in [-0.15, -0.1) is 0 Å². The van der Waals surface area contributed by atoms with E-state index in [1.165, 1.54) is 4.31 Å². The van der Waals surface area contributed by atoms with Gasteiger partial charge < -0.3 is 4.90 Å². The van der Waals surface area contributed by atoms with Crippen molar-refractivity contribution in [2.24, 2.45) is 5.92 Å². The first-order valence-corrected chi connectivity index (χ1v) is 11.7. The van der Waals surface area contributed by atoms with E-state index < -0.39 is 25.9 Å². The molecule has 0 radical (unpaired) electrons. The molecule has 2 aliphatic rings. The molecule has 0 spiro atoms. The summed E-state index contributed by atoms with van der Waals surface area (Å²) in [5.74, 6) is 0.443. The van der Waals surface area contributed by atoms with Crippen molar-refractivity contribution in [1.29, 1.82) is 0 Å². The molecule has 23 heavy (non-hydrogen) atoms. The molecule has 2 rings (SSSR count). The summed E-state index contributed by atoms with van der Waals surface area (Å²) in [6.07, 6.45) is 3.44. The number of sulfone groups is 1. The van der Waals surface area contributed by atoms with Gasteiger partial charge >= 0.3 is 0 Å². The Hall–Kier alpha value is -0.670. The molecule has 2 fully saturated rings. The number of likely N-dealkylation sites (tertiary alicyclic amines) is 1. The Morgan fingerprint density at radius 2 is 1.83 bits per heavy atom. The van der Waals surface area contributed by atoms with E-state index in [0.29, 0.717) is 12.3 Å². The summed E-state index contributed by atoms with van der Waals surface area (Å²) in [5.41, 5.74) is 0. The first-order valence-electron chi connectivity index (χ1n) is 8.03. The highest BCUT2D eigenvalue weighted by Gasteiger charge is 2.36. The normalized spacial score (nSPS) is 25.9. The fourth-order valence-corrected chi connectivity index (χ4v) is 6.21. The zero-order valence-corrected chi connectivity index (χ0v) is 15.4. The number of sulfonamides is 1. The molecule has 7 nitrogen and oxygen atoms in total. The van der Waals surface area contributed by atoms with Crippen molar-refractivity contribution in [2.45, 2.75) is 38.6 Å². The monoisotopic (exact) mass is 366 g/mol. The van der Waals surface area contributed by atoms with Crippen molar-refractivity contribution in [3.05, 3.63) is 0 Å². The molecule has 1 unspecified atom stereocenters. The van der Waals surface area contributed by atoms with Crippen LogP contribution in [0.1, 0.15) is 32.6 Å². The highest BCUT2D eigenvalue weighted by atomic mass is 32.2. The Balaban J connectivity index is 1.95. The lowest BCUT2D eigenvalue weighted by molar-refractivity contribution is -0.132. The van der Waals surface area contributed by atoms with Crippen molar-refractivity contribution in [1.82, 2.24) is 9.21 Å². The molecule has 9 heteroatoms. The van der Waals surface area contributed by atoms with Crippen LogP contribution < -0.4 is 0 Å². The maximum absolute atomic E-state index is 12.3. The number of hydrogen-bond donors (Lipinski definition) is 0. The highest BCUT2D eigenvalue weighted by molar-refractivity contribution is 7.92. The summed E-state index contributed by atoms with van der Waals surface area (Å²) in [6, 6.07) is -0.538. The molecular weight excluding hydrogens is 340 g/mol. The van der Waals surface area contributed by atoms with Crippen LogP contribution in [-0.2, 0) is 24.7 Å². The van der Waals surface area contributed by atoms with Crippen molar-refractivity contribution in [3.8, 4) is 0 Å². The van der Waals surface area contributed by atoms with Crippen LogP contribution in [0.3, 0.4) is 0 Å². The van der Waals surface area contributed by atoms with E-state index in [1.54, 1.807) is 4.90 Å². The minimum atomic E-state index is -3.54. The maximum Gasteiger partial charge on any atom is 0.223 e. The van der Waals surface area contributed by atoms with Gasteiger partial charge in [0, 0.05) is 32.1 Å². The van der Waals surface area contributed by atoms with Gasteiger partial charge in [-0.25, -0.2) is 16.8 Å². The summed E-state index contributed by atoms with van der Waals surface area (Å²) in [5, 5.41) is 0. The fraction of sp³-hybridized carbons (Fsp3) is 0.929. The molecule has 1 amide bonds. The number of amides is 1. The van der Waals surface area contributed by atoms with Gasteiger partial charge in [0.15, 0.2) is 9.84 Å². The van der Waals surface area contributed by atoms with Gasteiger partial charge in [0.05, 0.1) is 17.8 Å². The summed E-state index contributed by atoms with van der Waals surface area (Å²) >= 11 is 0. The van der Waals surface area contributed by atoms with E-state index in [0.717, 1.165) is 32.2 Å². The minimum Gasteiger partial charge on any atom is -0.343 e. The van der Waals surface area contributed by atoms with E-state index in [9.17, 15) is 21.6 Å². The smallest absolute Gasteiger partial charge is 0.223 e. The van der Waals surface area contributed by atoms with Crippen LogP contribution in [0.4, 0.5) is 0 Å². The lowest BCUT2D eigenvalue weighted by atomic mass is 9.99. The van der Waals surface area contributed by atoms with Gasteiger partial charge in [0.1, 0.15) is 0 Å². The molecule has 2 aliphatic heterocycles. The zero-order chi connectivity index (χ0) is 17.3. The third-order valence-electron chi connectivity index (χ3n) is 4.72. The third-order valence-corrected chi connectivity index (χ3v) is 7.81. The molecule has 0 N–H and O–H groups in total. The zero-order valence-electron chi connectivity index (χ0n) is 13.8. The van der Waals surface area contributed by atoms with Gasteiger partial charge in [0.2, 0.25) is 15.9 Å². The Morgan fingerprint density at radius 1 is 1.22 bits per heavy atom. The SMILES string of the molecule is CC1CCN(C(=O)CCN(C2CCS(=O)(=O)C2)S(C)(=O)=O)CC1. The van der Waals surface area contributed by atoms with Crippen molar-refractivity contribution in [3.63, 3.8) is 0 Å². The standard InChI is InChI=1S/C14H26N2O5S2/c1-12-3-7-15(8-4-12)14(17)5-9-16(22(2,18)19)13-6-10-23(20,21)11-13/h12-13H,3-11H2,1-2H3. The minimum absolute atomic E-state index is 0.0155. The molecule has 1 atom stereocenters. The second-order valence-corrected chi connectivity index (χ2v) is 10.9. The van der Waals surface area contributed by atoms with E-state index >= 15 is 0 Å². The number of hydrogen-bond acceptors (Lipinski definition) is 5. The van der Waals surface area contributed by atoms with Crippen LogP contribution in [0.5, 0.6) is 0 Å². The van der Waals surface area contributed by atoms with Crippen LogP contribution in [0.15, 0.2) is 0 Å². The number of carbonyl (C=O) groups excluding carboxylic acids is 1. The quantitative estimate of drug-likeness (QED) is 0.687. The Labute approximate surface area is 139 Å². The van der Waals surface area contributed by atoms with Crippen LogP contribution >= 0.6 is 0 Å². The van der Waals surface area contributed by atoms with Crippen LogP contribution in [-0.4, -0.2) is 75.4 Å². The third kappa shape index (κ3) is 5.15. The molecular formula is C14H26N2O5S2. The molecule has 0 aromatic rings. The highest BCUT2D eigenvalue weighted by Crippen LogP contribution is 2.21. The predicted molar refractivity (Wildman–Crippen MR) is 88.2 cm³/mol. The molecule has 134 valence electrons. The Morgan fingerprint density at radius 3 is 2.30 bits per heavy atom. The van der Waals surface area contributed by atoms with Crippen LogP contribution in [0, 0.1) is 5.92 Å². The summed E-state index contributed by atoms with van der Waals surface area (Å²) < 4.78 is 48.3. The Kier molecular flexibility index (Phi) is 5.73. The second-order valence-electron chi connectivity index (χ2n) is 6.74. The van der Waals surface area contributed by atoms with Gasteiger partial charge in [-0.1, -0.05) is 6.92 Å². The molecule has 0 saturated carbocycles. The lowest BCUT2D eigenvalue weighted by Gasteiger charge is -2.31. The number of piperidine rings is 1. The number of carbonyl (C=O) groups is 1. The Bertz CT molecular complexity index is 636. The van der Waals surface area contributed by atoms with Gasteiger partial charge in [0.25, 0.3) is 0 Å². The molecule has 0 bridgehead atoms. The molecule has 2 saturated heterocycles. The van der Waals surface area contributed by atoms with Crippen molar-refractivity contribution >= 4 is 25.8 Å². The molecule has 0 aromatic heterocycles. The van der Waals surface area contributed by atoms with E-state index in [4.69, 9.17) is 0 Å². The topological polar surface area (TPSA) is 91.8 Å². The van der Waals surface area contributed by atoms with Crippen molar-refractivity contribution in [2.75, 3.05) is 37.4 Å². The largest absolute Gasteiger partial charge is 0.343 e. The predicted octanol–water partition coefficient (Wildman–Crippen LogP) is 0.0837. The summed E-state index contributed by atoms with van der Waals surface area (Å²) in [7, 11) is -6.70. The van der Waals surface area contributed by atoms with E-state index in [2.05, 4.69) is 6.92 Å². The summed E-state index contributed by atoms with van der Waals surface area (Å²) in [6.45, 7) is 3.66. The molecule has 2 heterocycles. The van der Waals surface area contributed by atoms with Gasteiger partial charge in [-0.05, 0) is 25.2 Å². The van der Waals surface area contributed by atoms with E-state index in [-0.39, 0.29) is 30.4 Å². The van der Waals surface area contributed by atoms with E-state index in [1.807, 2.05) is 0 Å². The van der Waals surface area contributed by atoms with Crippen LogP contribution in [0.2, 0.25) is 0 Å². The second kappa shape index (κ2) is 7.06. The van der Waals surface area contributed by atoms with Gasteiger partial charge in [-0.3, -0.25) is 4.79 Å². The first kappa shape index (κ1) is 18.7. The average molecular weight is 367 g/mol. The fourth-order valence-electron chi connectivity index (χ4n) is 3.24. The van der Waals surface area contributed by atoms with Crippen LogP contribution in [0.25, 0.3) is 0 Å². The van der Waals surface area contributed by atoms with Crippen molar-refractivity contribution < 1.29 is 21.6 Å². The molecule has 0 aromatic carbocycles. The number of nitrogens with zero attached hydrogens (tertiary/aromatic N) is 2. The first-order chi connectivity index (χ1) is 10.6.